The molecule has 0 atom stereocenters. The number of rotatable bonds is 8. The third kappa shape index (κ3) is 4.74. The van der Waals surface area contributed by atoms with Crippen LogP contribution in [-0.4, -0.2) is 39.4 Å². The zero-order chi connectivity index (χ0) is 29.2. The Kier molecular flexibility index (Phi) is 6.77. The average molecular weight is 568 g/mol. The summed E-state index contributed by atoms with van der Waals surface area (Å²) in [7, 11) is 3.59. The number of nitrogens with zero attached hydrogens (tertiary/aromatic N) is 4. The molecule has 1 N–H and O–H groups in total. The minimum Gasteiger partial charge on any atom is -0.381 e. The quantitative estimate of drug-likeness (QED) is 0.379. The fraction of sp³-hybridized carbons (Fsp3) is 0.516. The van der Waals surface area contributed by atoms with E-state index in [-0.39, 0.29) is 35.9 Å². The van der Waals surface area contributed by atoms with Gasteiger partial charge in [-0.15, -0.1) is 10.2 Å². The summed E-state index contributed by atoms with van der Waals surface area (Å²) >= 11 is 0. The molecule has 0 spiro atoms. The largest absolute Gasteiger partial charge is 0.416 e. The zero-order valence-corrected chi connectivity index (χ0v) is 23.9. The van der Waals surface area contributed by atoms with Crippen LogP contribution in [0.15, 0.2) is 36.7 Å². The van der Waals surface area contributed by atoms with E-state index in [1.54, 1.807) is 19.5 Å². The lowest BCUT2D eigenvalue weighted by Gasteiger charge is -2.46. The molecular weight excluding hydrogens is 531 g/mol. The van der Waals surface area contributed by atoms with E-state index in [9.17, 15) is 18.0 Å². The number of nitrogens with one attached hydrogen (secondary N) is 1. The molecule has 0 radical (unpaired) electrons. The molecule has 1 amide bonds. The van der Waals surface area contributed by atoms with Gasteiger partial charge < -0.3 is 19.5 Å². The summed E-state index contributed by atoms with van der Waals surface area (Å²) in [6.07, 6.45) is 2.36. The van der Waals surface area contributed by atoms with E-state index in [2.05, 4.69) is 28.5 Å². The van der Waals surface area contributed by atoms with Crippen LogP contribution in [0.4, 0.5) is 18.9 Å². The molecule has 2 saturated carbocycles. The van der Waals surface area contributed by atoms with E-state index >= 15 is 0 Å². The smallest absolute Gasteiger partial charge is 0.381 e. The number of carbonyl (C=O) groups is 1. The van der Waals surface area contributed by atoms with E-state index in [4.69, 9.17) is 4.74 Å². The van der Waals surface area contributed by atoms with Gasteiger partial charge in [-0.05, 0) is 92.0 Å². The van der Waals surface area contributed by atoms with Crippen LogP contribution in [-0.2, 0) is 42.9 Å². The molecule has 41 heavy (non-hydrogen) atoms. The van der Waals surface area contributed by atoms with Crippen LogP contribution in [0.2, 0.25) is 0 Å². The zero-order valence-electron chi connectivity index (χ0n) is 23.9. The fourth-order valence-corrected chi connectivity index (χ4v) is 6.69. The molecule has 3 aromatic rings. The van der Waals surface area contributed by atoms with Crippen LogP contribution in [0.25, 0.3) is 0 Å². The van der Waals surface area contributed by atoms with Gasteiger partial charge in [-0.3, -0.25) is 4.79 Å². The molecule has 0 bridgehead atoms. The van der Waals surface area contributed by atoms with Gasteiger partial charge in [0.1, 0.15) is 12.2 Å². The normalized spacial score (nSPS) is 23.3. The third-order valence-corrected chi connectivity index (χ3v) is 9.46. The lowest BCUT2D eigenvalue weighted by molar-refractivity contribution is -0.138. The van der Waals surface area contributed by atoms with E-state index < -0.39 is 23.1 Å². The molecule has 2 aromatic carbocycles. The summed E-state index contributed by atoms with van der Waals surface area (Å²) in [5.41, 5.74) is 1.95. The van der Waals surface area contributed by atoms with Crippen LogP contribution in [0.3, 0.4) is 0 Å². The SMILES string of the molecule is CCc1cc(N2Cc3c(cc(CNC4(C)CCC4)cc3C(F)(F)F)C2=O)cc(C2(c3nncn3C)CC(OC)C2)c1. The van der Waals surface area contributed by atoms with Crippen molar-refractivity contribution in [3.8, 4) is 0 Å². The number of halogens is 3. The minimum atomic E-state index is -4.57. The first-order chi connectivity index (χ1) is 19.5. The number of amides is 1. The molecular formula is C31H36F3N5O2. The summed E-state index contributed by atoms with van der Waals surface area (Å²) in [6.45, 7) is 4.28. The number of carbonyl (C=O) groups excluding carboxylic acids is 1. The highest BCUT2D eigenvalue weighted by Crippen LogP contribution is 2.50. The molecule has 2 heterocycles. The predicted molar refractivity (Wildman–Crippen MR) is 149 cm³/mol. The molecule has 218 valence electrons. The maximum Gasteiger partial charge on any atom is 0.416 e. The predicted octanol–water partition coefficient (Wildman–Crippen LogP) is 5.68. The van der Waals surface area contributed by atoms with Crippen LogP contribution in [0.5, 0.6) is 0 Å². The molecule has 7 nitrogen and oxygen atoms in total. The number of hydrogen-bond donors (Lipinski definition) is 1. The highest BCUT2D eigenvalue weighted by atomic mass is 19.4. The molecule has 6 rings (SSSR count). The van der Waals surface area contributed by atoms with Gasteiger partial charge in [0.2, 0.25) is 0 Å². The van der Waals surface area contributed by atoms with Crippen molar-refractivity contribution in [1.82, 2.24) is 20.1 Å². The van der Waals surface area contributed by atoms with E-state index in [1.807, 2.05) is 30.7 Å². The van der Waals surface area contributed by atoms with Crippen molar-refractivity contribution in [3.05, 3.63) is 75.9 Å². The third-order valence-electron chi connectivity index (χ3n) is 9.46. The van der Waals surface area contributed by atoms with E-state index in [1.165, 1.54) is 11.0 Å². The highest BCUT2D eigenvalue weighted by molar-refractivity contribution is 6.10. The number of aryl methyl sites for hydroxylation is 2. The second kappa shape index (κ2) is 9.94. The first kappa shape index (κ1) is 27.9. The van der Waals surface area contributed by atoms with Crippen molar-refractivity contribution in [2.24, 2.45) is 7.05 Å². The minimum absolute atomic E-state index is 0.0377. The number of aromatic nitrogens is 3. The van der Waals surface area contributed by atoms with E-state index in [0.29, 0.717) is 30.5 Å². The van der Waals surface area contributed by atoms with Crippen molar-refractivity contribution in [2.75, 3.05) is 12.0 Å². The van der Waals surface area contributed by atoms with Gasteiger partial charge in [0, 0.05) is 37.5 Å². The second-order valence-electron chi connectivity index (χ2n) is 12.2. The number of alkyl halides is 3. The summed E-state index contributed by atoms with van der Waals surface area (Å²) in [5, 5.41) is 11.9. The molecule has 0 unspecified atom stereocenters. The van der Waals surface area contributed by atoms with E-state index in [0.717, 1.165) is 36.2 Å². The first-order valence-electron chi connectivity index (χ1n) is 14.3. The molecule has 2 aliphatic carbocycles. The summed E-state index contributed by atoms with van der Waals surface area (Å²) in [5.74, 6) is 0.398. The number of methoxy groups -OCH3 is 1. The van der Waals surface area contributed by atoms with Gasteiger partial charge in [-0.1, -0.05) is 13.0 Å². The maximum atomic E-state index is 14.3. The van der Waals surface area contributed by atoms with Crippen LogP contribution >= 0.6 is 0 Å². The fourth-order valence-electron chi connectivity index (χ4n) is 6.69. The van der Waals surface area contributed by atoms with Crippen molar-refractivity contribution < 1.29 is 22.7 Å². The van der Waals surface area contributed by atoms with Crippen LogP contribution in [0.1, 0.15) is 90.0 Å². The lowest BCUT2D eigenvalue weighted by Crippen LogP contribution is -2.48. The molecule has 1 aliphatic heterocycles. The molecule has 3 aliphatic rings. The number of anilines is 1. The van der Waals surface area contributed by atoms with Crippen molar-refractivity contribution in [1.29, 1.82) is 0 Å². The molecule has 2 fully saturated rings. The Morgan fingerprint density at radius 2 is 1.88 bits per heavy atom. The topological polar surface area (TPSA) is 72.3 Å². The maximum absolute atomic E-state index is 14.3. The number of hydrogen-bond acceptors (Lipinski definition) is 5. The standard InChI is InChI=1S/C31H36F3N5O2/c1-5-19-9-21(30(14-23(15-30)41-4)28-37-36-18-38(28)3)13-22(10-19)39-17-25-24(27(39)40)11-20(12-26(25)31(32,33)34)16-35-29(2)7-6-8-29/h9-13,18,23,35H,5-8,14-17H2,1-4H3. The Labute approximate surface area is 238 Å². The Bertz CT molecular complexity index is 1490. The van der Waals surface area contributed by atoms with Crippen molar-refractivity contribution in [2.45, 2.75) is 88.7 Å². The molecule has 1 aromatic heterocycles. The number of ether oxygens (including phenoxy) is 1. The van der Waals surface area contributed by atoms with Gasteiger partial charge in [-0.25, -0.2) is 0 Å². The summed E-state index contributed by atoms with van der Waals surface area (Å²) in [6, 6.07) is 8.82. The molecule has 10 heteroatoms. The van der Waals surface area contributed by atoms with Gasteiger partial charge >= 0.3 is 6.18 Å². The molecule has 0 saturated heterocycles. The Morgan fingerprint density at radius 3 is 2.46 bits per heavy atom. The van der Waals surface area contributed by atoms with Crippen LogP contribution < -0.4 is 10.2 Å². The Morgan fingerprint density at radius 1 is 1.12 bits per heavy atom. The lowest BCUT2D eigenvalue weighted by atomic mass is 9.61. The average Bonchev–Trinajstić information content (AvgIpc) is 3.48. The Balaban J connectivity index is 1.38. The first-order valence-corrected chi connectivity index (χ1v) is 14.3. The Hall–Kier alpha value is -3.24. The van der Waals surface area contributed by atoms with Crippen molar-refractivity contribution >= 4 is 11.6 Å². The van der Waals surface area contributed by atoms with Crippen LogP contribution in [0, 0.1) is 0 Å². The monoisotopic (exact) mass is 567 g/mol. The number of fused-ring (bicyclic) bond motifs is 1. The van der Waals surface area contributed by atoms with Gasteiger partial charge in [0.15, 0.2) is 0 Å². The second-order valence-corrected chi connectivity index (χ2v) is 12.2. The van der Waals surface area contributed by atoms with Gasteiger partial charge in [0.05, 0.1) is 23.6 Å². The van der Waals surface area contributed by atoms with Gasteiger partial charge in [-0.2, -0.15) is 13.2 Å². The summed E-state index contributed by atoms with van der Waals surface area (Å²) < 4.78 is 50.5. The van der Waals surface area contributed by atoms with Gasteiger partial charge in [0.25, 0.3) is 5.91 Å². The highest BCUT2D eigenvalue weighted by Gasteiger charge is 2.51. The number of benzene rings is 2. The summed E-state index contributed by atoms with van der Waals surface area (Å²) in [4.78, 5) is 15.3. The van der Waals surface area contributed by atoms with Crippen molar-refractivity contribution in [3.63, 3.8) is 0 Å².